The summed E-state index contributed by atoms with van der Waals surface area (Å²) in [5.74, 6) is 0. The van der Waals surface area contributed by atoms with Gasteiger partial charge in [0.2, 0.25) is 0 Å². The normalized spacial score (nSPS) is 12.4. The molecule has 19 heavy (non-hydrogen) atoms. The number of hydrogen-bond acceptors (Lipinski definition) is 4. The summed E-state index contributed by atoms with van der Waals surface area (Å²) < 4.78 is 5.77. The van der Waals surface area contributed by atoms with Crippen molar-refractivity contribution in [3.05, 3.63) is 17.5 Å². The number of nitrogens with one attached hydrogen (secondary N) is 1. The van der Waals surface area contributed by atoms with Gasteiger partial charge in [-0.1, -0.05) is 26.2 Å². The zero-order valence-electron chi connectivity index (χ0n) is 12.7. The second-order valence-electron chi connectivity index (χ2n) is 5.07. The number of unbranched alkanes of at least 4 members (excludes halogenated alkanes) is 3. The smallest absolute Gasteiger partial charge is 0.316 e. The van der Waals surface area contributed by atoms with Gasteiger partial charge in [0.15, 0.2) is 0 Å². The van der Waals surface area contributed by atoms with Crippen LogP contribution in [0.4, 0.5) is 0 Å². The Labute approximate surface area is 117 Å². The van der Waals surface area contributed by atoms with Gasteiger partial charge in [0.1, 0.15) is 0 Å². The molecule has 0 saturated heterocycles. The van der Waals surface area contributed by atoms with Crippen LogP contribution >= 0.6 is 0 Å². The van der Waals surface area contributed by atoms with Crippen LogP contribution in [0.25, 0.3) is 0 Å². The van der Waals surface area contributed by atoms with E-state index in [4.69, 9.17) is 4.74 Å². The first-order valence-corrected chi connectivity index (χ1v) is 7.31. The second-order valence-corrected chi connectivity index (χ2v) is 5.07. The second kappa shape index (κ2) is 8.86. The van der Waals surface area contributed by atoms with Gasteiger partial charge in [-0.15, -0.1) is 0 Å². The van der Waals surface area contributed by atoms with Gasteiger partial charge < -0.3 is 10.1 Å². The van der Waals surface area contributed by atoms with Gasteiger partial charge in [-0.05, 0) is 33.7 Å². The Morgan fingerprint density at radius 1 is 1.32 bits per heavy atom. The molecule has 1 rings (SSSR count). The summed E-state index contributed by atoms with van der Waals surface area (Å²) >= 11 is 0. The third-order valence-electron chi connectivity index (χ3n) is 3.20. The van der Waals surface area contributed by atoms with E-state index in [1.807, 2.05) is 20.2 Å². The molecule has 1 N–H and O–H groups in total. The van der Waals surface area contributed by atoms with E-state index in [0.717, 1.165) is 24.2 Å². The van der Waals surface area contributed by atoms with Crippen molar-refractivity contribution in [1.29, 1.82) is 0 Å². The molecule has 1 heterocycles. The maximum absolute atomic E-state index is 5.77. The molecule has 4 heteroatoms. The van der Waals surface area contributed by atoms with Gasteiger partial charge in [0, 0.05) is 24.0 Å². The summed E-state index contributed by atoms with van der Waals surface area (Å²) in [6, 6.07) is 0.500. The van der Waals surface area contributed by atoms with Crippen molar-refractivity contribution >= 4 is 0 Å². The molecule has 1 unspecified atom stereocenters. The SMILES string of the molecule is CCCCCCC(C)Oc1ncc(CNC)c(C)n1. The zero-order chi connectivity index (χ0) is 14.1. The summed E-state index contributed by atoms with van der Waals surface area (Å²) in [5.41, 5.74) is 2.10. The molecule has 0 radical (unpaired) electrons. The molecule has 0 aliphatic carbocycles. The molecule has 0 spiro atoms. The summed E-state index contributed by atoms with van der Waals surface area (Å²) in [6.45, 7) is 7.10. The zero-order valence-corrected chi connectivity index (χ0v) is 12.7. The molecule has 0 amide bonds. The van der Waals surface area contributed by atoms with Crippen LogP contribution in [0.15, 0.2) is 6.20 Å². The molecule has 0 aliphatic heterocycles. The molecular weight excluding hydrogens is 238 g/mol. The Morgan fingerprint density at radius 2 is 2.11 bits per heavy atom. The summed E-state index contributed by atoms with van der Waals surface area (Å²) in [5, 5.41) is 3.10. The highest BCUT2D eigenvalue weighted by Gasteiger charge is 2.08. The summed E-state index contributed by atoms with van der Waals surface area (Å²) in [7, 11) is 1.92. The predicted octanol–water partition coefficient (Wildman–Crippen LogP) is 3.24. The van der Waals surface area contributed by atoms with Crippen molar-refractivity contribution in [2.45, 2.75) is 65.5 Å². The maximum Gasteiger partial charge on any atom is 0.316 e. The topological polar surface area (TPSA) is 47.0 Å². The van der Waals surface area contributed by atoms with Crippen LogP contribution in [0.2, 0.25) is 0 Å². The van der Waals surface area contributed by atoms with E-state index >= 15 is 0 Å². The van der Waals surface area contributed by atoms with Crippen LogP contribution in [0.1, 0.15) is 57.2 Å². The lowest BCUT2D eigenvalue weighted by atomic mass is 10.1. The van der Waals surface area contributed by atoms with E-state index < -0.39 is 0 Å². The fourth-order valence-electron chi connectivity index (χ4n) is 1.99. The van der Waals surface area contributed by atoms with Crippen LogP contribution in [-0.2, 0) is 6.54 Å². The van der Waals surface area contributed by atoms with Gasteiger partial charge in [-0.3, -0.25) is 0 Å². The molecule has 0 saturated carbocycles. The molecule has 1 atom stereocenters. The molecule has 108 valence electrons. The quantitative estimate of drug-likeness (QED) is 0.696. The molecule has 4 nitrogen and oxygen atoms in total. The highest BCUT2D eigenvalue weighted by molar-refractivity contribution is 5.17. The van der Waals surface area contributed by atoms with E-state index in [1.165, 1.54) is 25.7 Å². The number of nitrogens with zero attached hydrogens (tertiary/aromatic N) is 2. The highest BCUT2D eigenvalue weighted by Crippen LogP contribution is 2.13. The van der Waals surface area contributed by atoms with Gasteiger partial charge >= 0.3 is 6.01 Å². The standard InChI is InChI=1S/C15H27N3O/c1-5-6-7-8-9-12(2)19-15-17-11-14(10-16-4)13(3)18-15/h11-12,16H,5-10H2,1-4H3. The number of aryl methyl sites for hydroxylation is 1. The lowest BCUT2D eigenvalue weighted by Crippen LogP contribution is -2.15. The average molecular weight is 265 g/mol. The van der Waals surface area contributed by atoms with Gasteiger partial charge in [0.05, 0.1) is 6.10 Å². The van der Waals surface area contributed by atoms with E-state index in [1.54, 1.807) is 0 Å². The minimum absolute atomic E-state index is 0.186. The third kappa shape index (κ3) is 6.01. The Hall–Kier alpha value is -1.16. The lowest BCUT2D eigenvalue weighted by Gasteiger charge is -2.14. The maximum atomic E-state index is 5.77. The minimum atomic E-state index is 0.186. The summed E-state index contributed by atoms with van der Waals surface area (Å²) in [4.78, 5) is 8.67. The van der Waals surface area contributed by atoms with Crippen molar-refractivity contribution in [3.63, 3.8) is 0 Å². The molecule has 1 aromatic rings. The van der Waals surface area contributed by atoms with Crippen molar-refractivity contribution in [2.75, 3.05) is 7.05 Å². The fourth-order valence-corrected chi connectivity index (χ4v) is 1.99. The number of aromatic nitrogens is 2. The molecule has 0 aromatic carbocycles. The van der Waals surface area contributed by atoms with Crippen LogP contribution < -0.4 is 10.1 Å². The summed E-state index contributed by atoms with van der Waals surface area (Å²) in [6.07, 6.45) is 8.17. The first-order chi connectivity index (χ1) is 9.17. The number of rotatable bonds is 9. The molecule has 0 fully saturated rings. The van der Waals surface area contributed by atoms with Gasteiger partial charge in [0.25, 0.3) is 0 Å². The average Bonchev–Trinajstić information content (AvgIpc) is 2.38. The molecule has 0 bridgehead atoms. The van der Waals surface area contributed by atoms with Crippen LogP contribution in [0.3, 0.4) is 0 Å². The van der Waals surface area contributed by atoms with E-state index in [2.05, 4.69) is 29.1 Å². The van der Waals surface area contributed by atoms with E-state index in [-0.39, 0.29) is 6.10 Å². The van der Waals surface area contributed by atoms with Crippen LogP contribution in [0.5, 0.6) is 6.01 Å². The minimum Gasteiger partial charge on any atom is -0.460 e. The lowest BCUT2D eigenvalue weighted by molar-refractivity contribution is 0.189. The third-order valence-corrected chi connectivity index (χ3v) is 3.20. The Balaban J connectivity index is 2.41. The van der Waals surface area contributed by atoms with E-state index in [9.17, 15) is 0 Å². The number of ether oxygens (including phenoxy) is 1. The van der Waals surface area contributed by atoms with Gasteiger partial charge in [-0.25, -0.2) is 9.97 Å². The monoisotopic (exact) mass is 265 g/mol. The van der Waals surface area contributed by atoms with Crippen molar-refractivity contribution < 1.29 is 4.74 Å². The largest absolute Gasteiger partial charge is 0.460 e. The first-order valence-electron chi connectivity index (χ1n) is 7.31. The highest BCUT2D eigenvalue weighted by atomic mass is 16.5. The van der Waals surface area contributed by atoms with Crippen LogP contribution in [-0.4, -0.2) is 23.1 Å². The van der Waals surface area contributed by atoms with Crippen molar-refractivity contribution in [1.82, 2.24) is 15.3 Å². The van der Waals surface area contributed by atoms with Crippen molar-refractivity contribution in [2.24, 2.45) is 0 Å². The first kappa shape index (κ1) is 15.9. The predicted molar refractivity (Wildman–Crippen MR) is 78.4 cm³/mol. The Morgan fingerprint density at radius 3 is 2.74 bits per heavy atom. The fraction of sp³-hybridized carbons (Fsp3) is 0.733. The van der Waals surface area contributed by atoms with E-state index in [0.29, 0.717) is 6.01 Å². The molecule has 1 aromatic heterocycles. The van der Waals surface area contributed by atoms with Crippen molar-refractivity contribution in [3.8, 4) is 6.01 Å². The molecule has 0 aliphatic rings. The number of hydrogen-bond donors (Lipinski definition) is 1. The Bertz CT molecular complexity index is 368. The molecular formula is C15H27N3O. The van der Waals surface area contributed by atoms with Gasteiger partial charge in [-0.2, -0.15) is 0 Å². The van der Waals surface area contributed by atoms with Crippen LogP contribution in [0, 0.1) is 6.92 Å². The Kier molecular flexibility index (Phi) is 7.41.